The van der Waals surface area contributed by atoms with Gasteiger partial charge in [-0.1, -0.05) is 66.2 Å². The minimum Gasteiger partial charge on any atom is -0.489 e. The molecule has 1 amide bonds. The summed E-state index contributed by atoms with van der Waals surface area (Å²) in [6, 6.07) is 32.3. The van der Waals surface area contributed by atoms with Gasteiger partial charge in [0.25, 0.3) is 5.91 Å². The zero-order valence-corrected chi connectivity index (χ0v) is 21.8. The number of pyridine rings is 1. The van der Waals surface area contributed by atoms with E-state index in [1.165, 1.54) is 0 Å². The van der Waals surface area contributed by atoms with Gasteiger partial charge in [0.1, 0.15) is 12.4 Å². The number of esters is 1. The quantitative estimate of drug-likeness (QED) is 0.227. The summed E-state index contributed by atoms with van der Waals surface area (Å²) in [5, 5.41) is 3.46. The average Bonchev–Trinajstić information content (AvgIpc) is 2.96. The minimum atomic E-state index is -0.589. The number of hydrogen-bond acceptors (Lipinski definition) is 5. The van der Waals surface area contributed by atoms with Crippen LogP contribution in [-0.4, -0.2) is 23.5 Å². The van der Waals surface area contributed by atoms with E-state index in [9.17, 15) is 9.59 Å². The molecule has 5 aromatic rings. The molecule has 0 saturated carbocycles. The number of aryl methyl sites for hydroxylation is 2. The standard InChI is InChI=1S/C33H28N2O4/c1-22-12-17-29(23(2)18-22)35-32(36)21-39-33(37)28-19-31(34-30-11-7-6-10-27(28)30)25-13-15-26(16-14-25)38-20-24-8-4-3-5-9-24/h3-19H,20-21H2,1-2H3,(H,35,36). The van der Waals surface area contributed by atoms with E-state index in [0.29, 0.717) is 34.5 Å². The summed E-state index contributed by atoms with van der Waals surface area (Å²) in [6.07, 6.45) is 0. The Bertz CT molecular complexity index is 1630. The lowest BCUT2D eigenvalue weighted by atomic mass is 10.0. The maximum Gasteiger partial charge on any atom is 0.339 e. The molecule has 0 aliphatic rings. The van der Waals surface area contributed by atoms with Gasteiger partial charge in [0.15, 0.2) is 6.61 Å². The molecule has 0 spiro atoms. The molecule has 6 heteroatoms. The van der Waals surface area contributed by atoms with Crippen LogP contribution in [0.25, 0.3) is 22.2 Å². The molecule has 1 aromatic heterocycles. The zero-order chi connectivity index (χ0) is 27.2. The molecule has 6 nitrogen and oxygen atoms in total. The lowest BCUT2D eigenvalue weighted by molar-refractivity contribution is -0.119. The number of nitrogens with zero attached hydrogens (tertiary/aromatic N) is 1. The van der Waals surface area contributed by atoms with Crippen LogP contribution in [0.4, 0.5) is 5.69 Å². The van der Waals surface area contributed by atoms with Gasteiger partial charge in [0.05, 0.1) is 16.8 Å². The van der Waals surface area contributed by atoms with Gasteiger partial charge < -0.3 is 14.8 Å². The van der Waals surface area contributed by atoms with Crippen LogP contribution in [0.15, 0.2) is 103 Å². The van der Waals surface area contributed by atoms with Crippen molar-refractivity contribution in [3.63, 3.8) is 0 Å². The Kier molecular flexibility index (Phi) is 7.64. The van der Waals surface area contributed by atoms with Crippen molar-refractivity contribution < 1.29 is 19.1 Å². The molecule has 39 heavy (non-hydrogen) atoms. The maximum atomic E-state index is 13.1. The van der Waals surface area contributed by atoms with Gasteiger partial charge in [-0.2, -0.15) is 0 Å². The Balaban J connectivity index is 1.31. The number of nitrogens with one attached hydrogen (secondary N) is 1. The highest BCUT2D eigenvalue weighted by Crippen LogP contribution is 2.27. The van der Waals surface area contributed by atoms with Gasteiger partial charge in [-0.05, 0) is 67.4 Å². The van der Waals surface area contributed by atoms with Crippen molar-refractivity contribution in [2.24, 2.45) is 0 Å². The number of carbonyl (C=O) groups excluding carboxylic acids is 2. The van der Waals surface area contributed by atoms with Crippen LogP contribution in [-0.2, 0) is 16.1 Å². The second-order valence-corrected chi connectivity index (χ2v) is 9.31. The molecular weight excluding hydrogens is 488 g/mol. The fourth-order valence-corrected chi connectivity index (χ4v) is 4.30. The molecule has 0 fully saturated rings. The number of fused-ring (bicyclic) bond motifs is 1. The van der Waals surface area contributed by atoms with E-state index in [0.717, 1.165) is 28.0 Å². The fraction of sp³-hybridized carbons (Fsp3) is 0.121. The van der Waals surface area contributed by atoms with Crippen LogP contribution < -0.4 is 10.1 Å². The highest BCUT2D eigenvalue weighted by Gasteiger charge is 2.17. The third-order valence-electron chi connectivity index (χ3n) is 6.32. The Hall–Kier alpha value is -4.97. The van der Waals surface area contributed by atoms with E-state index >= 15 is 0 Å². The van der Waals surface area contributed by atoms with Gasteiger partial charge in [-0.3, -0.25) is 4.79 Å². The first kappa shape index (κ1) is 25.7. The van der Waals surface area contributed by atoms with Crippen LogP contribution in [0.1, 0.15) is 27.0 Å². The van der Waals surface area contributed by atoms with E-state index < -0.39 is 18.5 Å². The Morgan fingerprint density at radius 1 is 0.821 bits per heavy atom. The SMILES string of the molecule is Cc1ccc(NC(=O)COC(=O)c2cc(-c3ccc(OCc4ccccc4)cc3)nc3ccccc23)c(C)c1. The number of carbonyl (C=O) groups is 2. The molecule has 4 aromatic carbocycles. The number of anilines is 1. The number of hydrogen-bond donors (Lipinski definition) is 1. The number of benzene rings is 4. The molecule has 0 saturated heterocycles. The largest absolute Gasteiger partial charge is 0.489 e. The van der Waals surface area contributed by atoms with Gasteiger partial charge in [-0.15, -0.1) is 0 Å². The molecule has 1 heterocycles. The van der Waals surface area contributed by atoms with Gasteiger partial charge >= 0.3 is 5.97 Å². The van der Waals surface area contributed by atoms with Crippen molar-refractivity contribution >= 4 is 28.5 Å². The lowest BCUT2D eigenvalue weighted by Gasteiger charge is -2.12. The Labute approximate surface area is 227 Å². The molecule has 1 N–H and O–H groups in total. The first-order valence-corrected chi connectivity index (χ1v) is 12.7. The lowest BCUT2D eigenvalue weighted by Crippen LogP contribution is -2.21. The van der Waals surface area contributed by atoms with E-state index in [1.54, 1.807) is 6.07 Å². The van der Waals surface area contributed by atoms with E-state index in [1.807, 2.05) is 111 Å². The fourth-order valence-electron chi connectivity index (χ4n) is 4.30. The van der Waals surface area contributed by atoms with E-state index in [4.69, 9.17) is 14.5 Å². The van der Waals surface area contributed by atoms with Crippen LogP contribution >= 0.6 is 0 Å². The van der Waals surface area contributed by atoms with Crippen molar-refractivity contribution in [1.29, 1.82) is 0 Å². The van der Waals surface area contributed by atoms with E-state index in [-0.39, 0.29) is 0 Å². The Morgan fingerprint density at radius 2 is 1.56 bits per heavy atom. The summed E-state index contributed by atoms with van der Waals surface area (Å²) < 4.78 is 11.3. The number of rotatable bonds is 8. The van der Waals surface area contributed by atoms with Crippen molar-refractivity contribution in [2.45, 2.75) is 20.5 Å². The molecular formula is C33H28N2O4. The third kappa shape index (κ3) is 6.30. The molecule has 0 atom stereocenters. The molecule has 5 rings (SSSR count). The highest BCUT2D eigenvalue weighted by atomic mass is 16.5. The monoisotopic (exact) mass is 516 g/mol. The molecule has 0 aliphatic carbocycles. The first-order valence-electron chi connectivity index (χ1n) is 12.7. The van der Waals surface area contributed by atoms with Crippen molar-refractivity contribution in [3.05, 3.63) is 125 Å². The summed E-state index contributed by atoms with van der Waals surface area (Å²) in [6.45, 7) is 3.98. The predicted octanol–water partition coefficient (Wildman–Crippen LogP) is 6.89. The number of ether oxygens (including phenoxy) is 2. The van der Waals surface area contributed by atoms with Crippen LogP contribution in [0.3, 0.4) is 0 Å². The summed E-state index contributed by atoms with van der Waals surface area (Å²) in [5.74, 6) is -0.258. The summed E-state index contributed by atoms with van der Waals surface area (Å²) in [5.41, 5.74) is 6.27. The second kappa shape index (κ2) is 11.6. The molecule has 0 aliphatic heterocycles. The van der Waals surface area contributed by atoms with Crippen molar-refractivity contribution in [1.82, 2.24) is 4.98 Å². The molecule has 0 bridgehead atoms. The number of para-hydroxylation sites is 1. The first-order chi connectivity index (χ1) is 19.0. The predicted molar refractivity (Wildman–Crippen MR) is 153 cm³/mol. The second-order valence-electron chi connectivity index (χ2n) is 9.31. The molecule has 0 radical (unpaired) electrons. The van der Waals surface area contributed by atoms with Crippen molar-refractivity contribution in [3.8, 4) is 17.0 Å². The van der Waals surface area contributed by atoms with Crippen molar-refractivity contribution in [2.75, 3.05) is 11.9 Å². The summed E-state index contributed by atoms with van der Waals surface area (Å²) >= 11 is 0. The topological polar surface area (TPSA) is 77.5 Å². The molecule has 194 valence electrons. The third-order valence-corrected chi connectivity index (χ3v) is 6.32. The normalized spacial score (nSPS) is 10.7. The van der Waals surface area contributed by atoms with Gasteiger partial charge in [-0.25, -0.2) is 9.78 Å². The summed E-state index contributed by atoms with van der Waals surface area (Å²) in [7, 11) is 0. The van der Waals surface area contributed by atoms with Crippen LogP contribution in [0, 0.1) is 13.8 Å². The smallest absolute Gasteiger partial charge is 0.339 e. The highest BCUT2D eigenvalue weighted by molar-refractivity contribution is 6.05. The van der Waals surface area contributed by atoms with Crippen LogP contribution in [0.5, 0.6) is 5.75 Å². The van der Waals surface area contributed by atoms with Crippen LogP contribution in [0.2, 0.25) is 0 Å². The average molecular weight is 517 g/mol. The van der Waals surface area contributed by atoms with E-state index in [2.05, 4.69) is 5.32 Å². The zero-order valence-electron chi connectivity index (χ0n) is 21.8. The van der Waals surface area contributed by atoms with Gasteiger partial charge in [0.2, 0.25) is 0 Å². The number of aromatic nitrogens is 1. The maximum absolute atomic E-state index is 13.1. The molecule has 0 unspecified atom stereocenters. The number of amides is 1. The Morgan fingerprint density at radius 3 is 2.33 bits per heavy atom. The van der Waals surface area contributed by atoms with Gasteiger partial charge in [0, 0.05) is 16.6 Å². The minimum absolute atomic E-state index is 0.347. The summed E-state index contributed by atoms with van der Waals surface area (Å²) in [4.78, 5) is 30.4.